The minimum atomic E-state index is 0.974. The summed E-state index contributed by atoms with van der Waals surface area (Å²) in [6, 6.07) is 16.5. The highest BCUT2D eigenvalue weighted by Gasteiger charge is 2.01. The molecule has 2 nitrogen and oxygen atoms in total. The van der Waals surface area contributed by atoms with Crippen molar-refractivity contribution >= 4 is 34.5 Å². The second-order valence-electron chi connectivity index (χ2n) is 3.33. The molecule has 2 aromatic carbocycles. The summed E-state index contributed by atoms with van der Waals surface area (Å²) in [6.07, 6.45) is 0. The topological polar surface area (TPSA) is 25.8 Å². The van der Waals surface area contributed by atoms with Crippen LogP contribution in [-0.2, 0) is 0 Å². The fourth-order valence-electron chi connectivity index (χ4n) is 1.45. The Bertz CT molecular complexity index is 604. The smallest absolute Gasteiger partial charge is 0.105 e. The van der Waals surface area contributed by atoms with Gasteiger partial charge >= 0.3 is 0 Å². The Balaban J connectivity index is 1.94. The first-order chi connectivity index (χ1) is 7.92. The average Bonchev–Trinajstić information content (AvgIpc) is 2.77. The number of benzene rings is 2. The van der Waals surface area contributed by atoms with Crippen molar-refractivity contribution in [2.24, 2.45) is 0 Å². The van der Waals surface area contributed by atoms with Gasteiger partial charge in [0.2, 0.25) is 0 Å². The molecule has 0 saturated carbocycles. The lowest BCUT2D eigenvalue weighted by Crippen LogP contribution is -1.74. The van der Waals surface area contributed by atoms with Crippen LogP contribution in [0.5, 0.6) is 0 Å². The van der Waals surface area contributed by atoms with E-state index in [0.717, 1.165) is 11.0 Å². The van der Waals surface area contributed by atoms with Gasteiger partial charge in [-0.1, -0.05) is 30.0 Å². The molecule has 4 heteroatoms. The van der Waals surface area contributed by atoms with Crippen molar-refractivity contribution in [3.8, 4) is 0 Å². The van der Waals surface area contributed by atoms with E-state index >= 15 is 0 Å². The molecule has 0 atom stereocenters. The number of nitrogens with zero attached hydrogens (tertiary/aromatic N) is 2. The zero-order valence-electron chi connectivity index (χ0n) is 8.33. The van der Waals surface area contributed by atoms with Crippen LogP contribution in [0.4, 0.5) is 0 Å². The fourth-order valence-corrected chi connectivity index (χ4v) is 2.84. The molecular weight excluding hydrogens is 236 g/mol. The van der Waals surface area contributed by atoms with E-state index in [-0.39, 0.29) is 0 Å². The van der Waals surface area contributed by atoms with E-state index in [0.29, 0.717) is 0 Å². The standard InChI is InChI=1S/C12H8N2S2/c1-2-4-9(5-3-1)15-10-6-7-11-12(8-10)14-16-13-11/h1-8H. The lowest BCUT2D eigenvalue weighted by molar-refractivity contribution is 1.41. The highest BCUT2D eigenvalue weighted by Crippen LogP contribution is 2.29. The van der Waals surface area contributed by atoms with Crippen molar-refractivity contribution in [2.75, 3.05) is 0 Å². The quantitative estimate of drug-likeness (QED) is 0.685. The maximum atomic E-state index is 4.24. The Hall–Kier alpha value is -1.39. The van der Waals surface area contributed by atoms with E-state index in [9.17, 15) is 0 Å². The summed E-state index contributed by atoms with van der Waals surface area (Å²) in [4.78, 5) is 2.44. The van der Waals surface area contributed by atoms with Gasteiger partial charge in [-0.15, -0.1) is 0 Å². The second-order valence-corrected chi connectivity index (χ2v) is 5.01. The molecule has 16 heavy (non-hydrogen) atoms. The van der Waals surface area contributed by atoms with Gasteiger partial charge in [-0.3, -0.25) is 0 Å². The van der Waals surface area contributed by atoms with Gasteiger partial charge in [-0.2, -0.15) is 8.75 Å². The molecule has 0 bridgehead atoms. The van der Waals surface area contributed by atoms with Crippen LogP contribution in [-0.4, -0.2) is 8.75 Å². The summed E-state index contributed by atoms with van der Waals surface area (Å²) in [7, 11) is 0. The minimum absolute atomic E-state index is 0.974. The molecule has 1 heterocycles. The average molecular weight is 244 g/mol. The maximum absolute atomic E-state index is 4.24. The Labute approximate surface area is 102 Å². The van der Waals surface area contributed by atoms with Crippen LogP contribution in [0.3, 0.4) is 0 Å². The van der Waals surface area contributed by atoms with E-state index < -0.39 is 0 Å². The predicted molar refractivity (Wildman–Crippen MR) is 68.0 cm³/mol. The van der Waals surface area contributed by atoms with Crippen LogP contribution in [0.1, 0.15) is 0 Å². The first kappa shape index (κ1) is 9.81. The highest BCUT2D eigenvalue weighted by atomic mass is 32.2. The van der Waals surface area contributed by atoms with Gasteiger partial charge in [0.1, 0.15) is 11.0 Å². The van der Waals surface area contributed by atoms with Crippen LogP contribution >= 0.6 is 23.5 Å². The number of hydrogen-bond acceptors (Lipinski definition) is 4. The normalized spacial score (nSPS) is 10.8. The van der Waals surface area contributed by atoms with E-state index in [1.165, 1.54) is 21.5 Å². The van der Waals surface area contributed by atoms with Crippen LogP contribution in [0, 0.1) is 0 Å². The van der Waals surface area contributed by atoms with Crippen molar-refractivity contribution < 1.29 is 0 Å². The Kier molecular flexibility index (Phi) is 2.60. The fraction of sp³-hybridized carbons (Fsp3) is 0. The van der Waals surface area contributed by atoms with Gasteiger partial charge < -0.3 is 0 Å². The summed E-state index contributed by atoms with van der Waals surface area (Å²) in [6.45, 7) is 0. The lowest BCUT2D eigenvalue weighted by atomic mass is 10.3. The zero-order valence-corrected chi connectivity index (χ0v) is 9.96. The number of rotatable bonds is 2. The molecule has 3 rings (SSSR count). The largest absolute Gasteiger partial charge is 0.173 e. The first-order valence-corrected chi connectivity index (χ1v) is 6.42. The molecule has 78 valence electrons. The van der Waals surface area contributed by atoms with Gasteiger partial charge in [0.15, 0.2) is 0 Å². The summed E-state index contributed by atoms with van der Waals surface area (Å²) >= 11 is 3.00. The third-order valence-corrected chi connectivity index (χ3v) is 3.76. The van der Waals surface area contributed by atoms with Crippen molar-refractivity contribution in [1.82, 2.24) is 8.75 Å². The molecule has 0 N–H and O–H groups in total. The molecule has 0 saturated heterocycles. The van der Waals surface area contributed by atoms with Crippen molar-refractivity contribution in [3.63, 3.8) is 0 Å². The van der Waals surface area contributed by atoms with Gasteiger partial charge in [-0.25, -0.2) is 0 Å². The SMILES string of the molecule is c1ccc(Sc2ccc3nsnc3c2)cc1. The molecule has 0 aliphatic rings. The predicted octanol–water partition coefficient (Wildman–Crippen LogP) is 3.84. The van der Waals surface area contributed by atoms with Gasteiger partial charge in [0.05, 0.1) is 11.7 Å². The monoisotopic (exact) mass is 244 g/mol. The van der Waals surface area contributed by atoms with Crippen LogP contribution < -0.4 is 0 Å². The van der Waals surface area contributed by atoms with Crippen LogP contribution in [0.15, 0.2) is 58.3 Å². The Morgan fingerprint density at radius 1 is 0.812 bits per heavy atom. The molecule has 0 unspecified atom stereocenters. The number of aromatic nitrogens is 2. The van der Waals surface area contributed by atoms with Gasteiger partial charge in [-0.05, 0) is 30.3 Å². The molecule has 0 aliphatic carbocycles. The molecule has 3 aromatic rings. The van der Waals surface area contributed by atoms with E-state index in [1.807, 2.05) is 24.3 Å². The molecule has 1 aromatic heterocycles. The van der Waals surface area contributed by atoms with Crippen LogP contribution in [0.25, 0.3) is 11.0 Å². The van der Waals surface area contributed by atoms with Crippen molar-refractivity contribution in [3.05, 3.63) is 48.5 Å². The Morgan fingerprint density at radius 3 is 2.50 bits per heavy atom. The summed E-state index contributed by atoms with van der Waals surface area (Å²) < 4.78 is 8.43. The van der Waals surface area contributed by atoms with E-state index in [2.05, 4.69) is 33.0 Å². The first-order valence-electron chi connectivity index (χ1n) is 4.87. The van der Waals surface area contributed by atoms with Gasteiger partial charge in [0, 0.05) is 9.79 Å². The molecule has 0 spiro atoms. The number of fused-ring (bicyclic) bond motifs is 1. The Morgan fingerprint density at radius 2 is 1.62 bits per heavy atom. The molecule has 0 fully saturated rings. The van der Waals surface area contributed by atoms with Crippen LogP contribution in [0.2, 0.25) is 0 Å². The molecule has 0 aliphatic heterocycles. The lowest BCUT2D eigenvalue weighted by Gasteiger charge is -2.00. The third kappa shape index (κ3) is 1.94. The zero-order chi connectivity index (χ0) is 10.8. The summed E-state index contributed by atoms with van der Waals surface area (Å²) in [5, 5.41) is 0. The van der Waals surface area contributed by atoms with Gasteiger partial charge in [0.25, 0.3) is 0 Å². The number of hydrogen-bond donors (Lipinski definition) is 0. The molecule has 0 amide bonds. The minimum Gasteiger partial charge on any atom is -0.173 e. The second kappa shape index (κ2) is 4.23. The molecule has 0 radical (unpaired) electrons. The summed E-state index contributed by atoms with van der Waals surface area (Å²) in [5.41, 5.74) is 1.95. The van der Waals surface area contributed by atoms with E-state index in [4.69, 9.17) is 0 Å². The summed E-state index contributed by atoms with van der Waals surface area (Å²) in [5.74, 6) is 0. The third-order valence-electron chi connectivity index (χ3n) is 2.20. The molecular formula is C12H8N2S2. The van der Waals surface area contributed by atoms with Crippen molar-refractivity contribution in [1.29, 1.82) is 0 Å². The highest BCUT2D eigenvalue weighted by molar-refractivity contribution is 7.99. The van der Waals surface area contributed by atoms with Crippen molar-refractivity contribution in [2.45, 2.75) is 9.79 Å². The van der Waals surface area contributed by atoms with E-state index in [1.54, 1.807) is 11.8 Å². The maximum Gasteiger partial charge on any atom is 0.105 e.